The van der Waals surface area contributed by atoms with Crippen LogP contribution in [0.15, 0.2) is 18.2 Å². The molecule has 1 aromatic rings. The van der Waals surface area contributed by atoms with Gasteiger partial charge >= 0.3 is 5.97 Å². The molecule has 0 radical (unpaired) electrons. The van der Waals surface area contributed by atoms with Crippen molar-refractivity contribution in [2.24, 2.45) is 5.73 Å². The Labute approximate surface area is 119 Å². The van der Waals surface area contributed by atoms with Crippen molar-refractivity contribution in [2.75, 3.05) is 0 Å². The Morgan fingerprint density at radius 1 is 1.35 bits per heavy atom. The summed E-state index contributed by atoms with van der Waals surface area (Å²) < 4.78 is 0. The van der Waals surface area contributed by atoms with Crippen molar-refractivity contribution >= 4 is 29.4 Å². The number of carbonyl (C=O) groups is 3. The summed E-state index contributed by atoms with van der Waals surface area (Å²) in [7, 11) is 0. The molecule has 108 valence electrons. The van der Waals surface area contributed by atoms with Crippen molar-refractivity contribution in [3.63, 3.8) is 0 Å². The van der Waals surface area contributed by atoms with E-state index in [-0.39, 0.29) is 29.2 Å². The van der Waals surface area contributed by atoms with Crippen LogP contribution in [0.25, 0.3) is 0 Å². The van der Waals surface area contributed by atoms with Gasteiger partial charge < -0.3 is 21.3 Å². The zero-order chi connectivity index (χ0) is 15.3. The summed E-state index contributed by atoms with van der Waals surface area (Å²) in [6.45, 7) is 0. The molecular formula is C12H13ClN2O5. The first-order chi connectivity index (χ1) is 9.31. The number of carboxylic acids is 1. The first-order valence-corrected chi connectivity index (χ1v) is 5.99. The Bertz CT molecular complexity index is 547. The van der Waals surface area contributed by atoms with Gasteiger partial charge in [-0.1, -0.05) is 11.6 Å². The Morgan fingerprint density at radius 3 is 2.55 bits per heavy atom. The zero-order valence-electron chi connectivity index (χ0n) is 10.3. The lowest BCUT2D eigenvalue weighted by atomic mass is 10.1. The fourth-order valence-electron chi connectivity index (χ4n) is 1.47. The number of aromatic hydroxyl groups is 1. The van der Waals surface area contributed by atoms with Crippen molar-refractivity contribution in [1.82, 2.24) is 5.32 Å². The van der Waals surface area contributed by atoms with E-state index >= 15 is 0 Å². The Hall–Kier alpha value is -2.28. The fourth-order valence-corrected chi connectivity index (χ4v) is 1.67. The molecule has 1 unspecified atom stereocenters. The second-order valence-electron chi connectivity index (χ2n) is 4.03. The number of primary amides is 1. The summed E-state index contributed by atoms with van der Waals surface area (Å²) >= 11 is 5.79. The molecule has 0 aliphatic rings. The molecule has 1 aromatic carbocycles. The number of halogens is 1. The van der Waals surface area contributed by atoms with Crippen LogP contribution in [0.3, 0.4) is 0 Å². The van der Waals surface area contributed by atoms with Gasteiger partial charge in [0.25, 0.3) is 5.91 Å². The summed E-state index contributed by atoms with van der Waals surface area (Å²) in [6, 6.07) is 2.45. The smallest absolute Gasteiger partial charge is 0.326 e. The molecule has 1 atom stereocenters. The summed E-state index contributed by atoms with van der Waals surface area (Å²) in [6.07, 6.45) is -0.308. The second kappa shape index (κ2) is 6.76. The number of carboxylic acid groups (broad SMARTS) is 1. The molecule has 0 bridgehead atoms. The number of nitrogens with two attached hydrogens (primary N) is 1. The number of rotatable bonds is 6. The van der Waals surface area contributed by atoms with Crippen molar-refractivity contribution in [3.05, 3.63) is 28.8 Å². The molecule has 20 heavy (non-hydrogen) atoms. The highest BCUT2D eigenvalue weighted by Gasteiger charge is 2.22. The molecule has 2 amide bonds. The molecule has 0 fully saturated rings. The number of phenolic OH excluding ortho intramolecular Hbond substituents is 1. The minimum absolute atomic E-state index is 0.0583. The number of phenols is 1. The van der Waals surface area contributed by atoms with Gasteiger partial charge in [0.15, 0.2) is 0 Å². The maximum Gasteiger partial charge on any atom is 0.326 e. The number of nitrogens with one attached hydrogen (secondary N) is 1. The molecule has 0 aromatic heterocycles. The highest BCUT2D eigenvalue weighted by molar-refractivity contribution is 6.33. The molecule has 0 saturated carbocycles. The number of hydrogen-bond acceptors (Lipinski definition) is 4. The van der Waals surface area contributed by atoms with E-state index in [4.69, 9.17) is 22.4 Å². The van der Waals surface area contributed by atoms with E-state index in [1.165, 1.54) is 12.1 Å². The molecule has 0 aliphatic heterocycles. The van der Waals surface area contributed by atoms with Crippen LogP contribution in [0, 0.1) is 0 Å². The van der Waals surface area contributed by atoms with E-state index in [2.05, 4.69) is 5.32 Å². The minimum atomic E-state index is -1.30. The van der Waals surface area contributed by atoms with E-state index < -0.39 is 23.8 Å². The largest absolute Gasteiger partial charge is 0.508 e. The van der Waals surface area contributed by atoms with Gasteiger partial charge in [-0.05, 0) is 24.6 Å². The van der Waals surface area contributed by atoms with Gasteiger partial charge in [-0.25, -0.2) is 4.79 Å². The number of aliphatic carboxylic acids is 1. The lowest BCUT2D eigenvalue weighted by molar-refractivity contribution is -0.139. The van der Waals surface area contributed by atoms with Gasteiger partial charge in [0.2, 0.25) is 5.91 Å². The molecule has 0 spiro atoms. The summed E-state index contributed by atoms with van der Waals surface area (Å²) in [5, 5.41) is 20.5. The van der Waals surface area contributed by atoms with Crippen LogP contribution in [0.2, 0.25) is 5.02 Å². The Morgan fingerprint density at radius 2 is 2.00 bits per heavy atom. The van der Waals surface area contributed by atoms with Crippen molar-refractivity contribution in [2.45, 2.75) is 18.9 Å². The van der Waals surface area contributed by atoms with Gasteiger partial charge in [-0.15, -0.1) is 0 Å². The molecule has 8 heteroatoms. The summed E-state index contributed by atoms with van der Waals surface area (Å²) in [5.41, 5.74) is 4.87. The predicted molar refractivity (Wildman–Crippen MR) is 70.4 cm³/mol. The molecule has 1 rings (SSSR count). The van der Waals surface area contributed by atoms with Crippen molar-refractivity contribution < 1.29 is 24.6 Å². The van der Waals surface area contributed by atoms with Crippen LogP contribution in [0.5, 0.6) is 5.75 Å². The SMILES string of the molecule is NC(=O)CCC(NC(=O)c1cc(O)ccc1Cl)C(=O)O. The fraction of sp³-hybridized carbons (Fsp3) is 0.250. The number of hydrogen-bond donors (Lipinski definition) is 4. The van der Waals surface area contributed by atoms with Crippen LogP contribution >= 0.6 is 11.6 Å². The molecule has 5 N–H and O–H groups in total. The van der Waals surface area contributed by atoms with Crippen LogP contribution in [-0.4, -0.2) is 34.0 Å². The van der Waals surface area contributed by atoms with E-state index in [1.54, 1.807) is 0 Å². The van der Waals surface area contributed by atoms with Gasteiger partial charge in [-0.3, -0.25) is 9.59 Å². The van der Waals surface area contributed by atoms with Gasteiger partial charge in [0.1, 0.15) is 11.8 Å². The molecule has 0 aliphatic carbocycles. The second-order valence-corrected chi connectivity index (χ2v) is 4.44. The maximum atomic E-state index is 11.9. The van der Waals surface area contributed by atoms with E-state index in [1.807, 2.05) is 0 Å². The highest BCUT2D eigenvalue weighted by Crippen LogP contribution is 2.21. The standard InChI is InChI=1S/C12H13ClN2O5/c13-8-2-1-6(16)5-7(8)11(18)15-9(12(19)20)3-4-10(14)17/h1-2,5,9,16H,3-4H2,(H2,14,17)(H,15,18)(H,19,20). The molecule has 0 heterocycles. The summed E-state index contributed by atoms with van der Waals surface area (Å²) in [5.74, 6) is -2.90. The van der Waals surface area contributed by atoms with Crippen LogP contribution in [0.1, 0.15) is 23.2 Å². The third-order valence-electron chi connectivity index (χ3n) is 2.48. The van der Waals surface area contributed by atoms with Gasteiger partial charge in [-0.2, -0.15) is 0 Å². The first-order valence-electron chi connectivity index (χ1n) is 5.61. The Balaban J connectivity index is 2.82. The third-order valence-corrected chi connectivity index (χ3v) is 2.81. The quantitative estimate of drug-likeness (QED) is 0.607. The van der Waals surface area contributed by atoms with Gasteiger partial charge in [0, 0.05) is 6.42 Å². The van der Waals surface area contributed by atoms with Crippen LogP contribution in [0.4, 0.5) is 0 Å². The number of amides is 2. The lowest BCUT2D eigenvalue weighted by Gasteiger charge is -2.14. The first kappa shape index (κ1) is 15.8. The van der Waals surface area contributed by atoms with Crippen molar-refractivity contribution in [3.8, 4) is 5.75 Å². The van der Waals surface area contributed by atoms with Crippen LogP contribution < -0.4 is 11.1 Å². The lowest BCUT2D eigenvalue weighted by Crippen LogP contribution is -2.41. The topological polar surface area (TPSA) is 130 Å². The molecule has 7 nitrogen and oxygen atoms in total. The van der Waals surface area contributed by atoms with Crippen LogP contribution in [-0.2, 0) is 9.59 Å². The maximum absolute atomic E-state index is 11.9. The van der Waals surface area contributed by atoms with E-state index in [0.29, 0.717) is 0 Å². The number of benzene rings is 1. The minimum Gasteiger partial charge on any atom is -0.508 e. The molecule has 0 saturated heterocycles. The number of carbonyl (C=O) groups excluding carboxylic acids is 2. The molecular weight excluding hydrogens is 288 g/mol. The third kappa shape index (κ3) is 4.43. The van der Waals surface area contributed by atoms with E-state index in [9.17, 15) is 19.5 Å². The van der Waals surface area contributed by atoms with E-state index in [0.717, 1.165) is 6.07 Å². The summed E-state index contributed by atoms with van der Waals surface area (Å²) in [4.78, 5) is 33.5. The highest BCUT2D eigenvalue weighted by atomic mass is 35.5. The predicted octanol–water partition coefficient (Wildman–Crippen LogP) is 0.494. The average molecular weight is 301 g/mol. The van der Waals surface area contributed by atoms with Gasteiger partial charge in [0.05, 0.1) is 10.6 Å². The monoisotopic (exact) mass is 300 g/mol. The average Bonchev–Trinajstić information content (AvgIpc) is 2.36. The Kier molecular flexibility index (Phi) is 5.33. The normalized spacial score (nSPS) is 11.7. The van der Waals surface area contributed by atoms with Crippen molar-refractivity contribution in [1.29, 1.82) is 0 Å². The zero-order valence-corrected chi connectivity index (χ0v) is 11.1.